The Morgan fingerprint density at radius 2 is 1.80 bits per heavy atom. The molecule has 0 aromatic heterocycles. The van der Waals surface area contributed by atoms with Gasteiger partial charge in [0.25, 0.3) is 0 Å². The highest BCUT2D eigenvalue weighted by atomic mass is 16.2. The molecular formula is C17H30N2O. The number of carbonyl (C=O) groups is 1. The maximum absolute atomic E-state index is 12.6. The van der Waals surface area contributed by atoms with Crippen LogP contribution in [0.2, 0.25) is 0 Å². The van der Waals surface area contributed by atoms with E-state index in [1.807, 2.05) is 0 Å². The fourth-order valence-electron chi connectivity index (χ4n) is 4.72. The van der Waals surface area contributed by atoms with Gasteiger partial charge in [-0.3, -0.25) is 4.79 Å². The van der Waals surface area contributed by atoms with Crippen LogP contribution >= 0.6 is 0 Å². The molecule has 1 heterocycles. The van der Waals surface area contributed by atoms with E-state index < -0.39 is 0 Å². The molecule has 0 aromatic rings. The van der Waals surface area contributed by atoms with Gasteiger partial charge in [0.05, 0.1) is 6.04 Å². The molecule has 3 aliphatic rings. The van der Waals surface area contributed by atoms with Crippen LogP contribution in [-0.4, -0.2) is 24.5 Å². The number of rotatable bonds is 3. The standard InChI is InChI=1S/C17H30N2O/c1-12(13-7-4-2-3-5-8-13)19-17(20)16-15-10-6-9-14(15)11-18-16/h12-16,18H,2-11H2,1H3,(H,19,20)/t12-,14?,15?,16?/m0/s1. The summed E-state index contributed by atoms with van der Waals surface area (Å²) in [4.78, 5) is 12.6. The Kier molecular flexibility index (Phi) is 4.65. The van der Waals surface area contributed by atoms with E-state index in [0.717, 1.165) is 12.5 Å². The van der Waals surface area contributed by atoms with Crippen LogP contribution in [0, 0.1) is 17.8 Å². The molecule has 114 valence electrons. The first kappa shape index (κ1) is 14.4. The van der Waals surface area contributed by atoms with Crippen LogP contribution in [0.3, 0.4) is 0 Å². The highest BCUT2D eigenvalue weighted by Gasteiger charge is 2.42. The average molecular weight is 278 g/mol. The molecule has 1 amide bonds. The molecule has 2 saturated carbocycles. The van der Waals surface area contributed by atoms with Crippen molar-refractivity contribution < 1.29 is 4.79 Å². The Hall–Kier alpha value is -0.570. The maximum Gasteiger partial charge on any atom is 0.237 e. The third-order valence-electron chi connectivity index (χ3n) is 6.01. The summed E-state index contributed by atoms with van der Waals surface area (Å²) in [5.41, 5.74) is 0. The molecule has 2 N–H and O–H groups in total. The number of nitrogens with one attached hydrogen (secondary N) is 2. The van der Waals surface area contributed by atoms with Crippen LogP contribution in [0.25, 0.3) is 0 Å². The maximum atomic E-state index is 12.6. The van der Waals surface area contributed by atoms with Gasteiger partial charge in [-0.2, -0.15) is 0 Å². The van der Waals surface area contributed by atoms with E-state index >= 15 is 0 Å². The predicted molar refractivity (Wildman–Crippen MR) is 81.4 cm³/mol. The molecule has 3 heteroatoms. The van der Waals surface area contributed by atoms with Gasteiger partial charge in [0, 0.05) is 6.04 Å². The van der Waals surface area contributed by atoms with Crippen molar-refractivity contribution in [3.8, 4) is 0 Å². The predicted octanol–water partition coefficient (Wildman–Crippen LogP) is 2.85. The molecule has 1 saturated heterocycles. The number of carbonyl (C=O) groups excluding carboxylic acids is 1. The van der Waals surface area contributed by atoms with Gasteiger partial charge in [-0.25, -0.2) is 0 Å². The lowest BCUT2D eigenvalue weighted by molar-refractivity contribution is -0.124. The summed E-state index contributed by atoms with van der Waals surface area (Å²) in [6.07, 6.45) is 11.9. The van der Waals surface area contributed by atoms with Crippen LogP contribution < -0.4 is 10.6 Å². The van der Waals surface area contributed by atoms with Crippen LogP contribution in [-0.2, 0) is 4.79 Å². The molecule has 1 aliphatic heterocycles. The lowest BCUT2D eigenvalue weighted by Gasteiger charge is -2.26. The van der Waals surface area contributed by atoms with Crippen molar-refractivity contribution in [2.24, 2.45) is 17.8 Å². The van der Waals surface area contributed by atoms with Gasteiger partial charge in [-0.05, 0) is 56.9 Å². The van der Waals surface area contributed by atoms with E-state index in [9.17, 15) is 4.79 Å². The normalized spacial score (nSPS) is 36.4. The first-order valence-electron chi connectivity index (χ1n) is 8.79. The van der Waals surface area contributed by atoms with Crippen molar-refractivity contribution in [3.63, 3.8) is 0 Å². The Morgan fingerprint density at radius 1 is 1.05 bits per heavy atom. The first-order valence-corrected chi connectivity index (χ1v) is 8.79. The van der Waals surface area contributed by atoms with Crippen molar-refractivity contribution >= 4 is 5.91 Å². The molecule has 3 fully saturated rings. The van der Waals surface area contributed by atoms with Gasteiger partial charge in [-0.15, -0.1) is 0 Å². The fourth-order valence-corrected chi connectivity index (χ4v) is 4.72. The second-order valence-corrected chi connectivity index (χ2v) is 7.29. The molecule has 0 bridgehead atoms. The van der Waals surface area contributed by atoms with E-state index in [-0.39, 0.29) is 11.9 Å². The zero-order valence-electron chi connectivity index (χ0n) is 12.9. The van der Waals surface area contributed by atoms with Gasteiger partial charge in [0.2, 0.25) is 5.91 Å². The number of amides is 1. The van der Waals surface area contributed by atoms with Gasteiger partial charge in [0.1, 0.15) is 0 Å². The molecule has 4 atom stereocenters. The molecule has 2 aliphatic carbocycles. The van der Waals surface area contributed by atoms with Crippen molar-refractivity contribution in [2.45, 2.75) is 76.8 Å². The minimum Gasteiger partial charge on any atom is -0.352 e. The highest BCUT2D eigenvalue weighted by molar-refractivity contribution is 5.82. The number of fused-ring (bicyclic) bond motifs is 1. The minimum absolute atomic E-state index is 0.0933. The molecule has 3 unspecified atom stereocenters. The van der Waals surface area contributed by atoms with Crippen LogP contribution in [0.4, 0.5) is 0 Å². The quantitative estimate of drug-likeness (QED) is 0.779. The second-order valence-electron chi connectivity index (χ2n) is 7.29. The van der Waals surface area contributed by atoms with E-state index in [2.05, 4.69) is 17.6 Å². The van der Waals surface area contributed by atoms with E-state index in [1.165, 1.54) is 57.8 Å². The van der Waals surface area contributed by atoms with Crippen molar-refractivity contribution in [2.75, 3.05) is 6.54 Å². The summed E-state index contributed by atoms with van der Waals surface area (Å²) >= 11 is 0. The summed E-state index contributed by atoms with van der Waals surface area (Å²) in [7, 11) is 0. The third kappa shape index (κ3) is 3.03. The summed E-state index contributed by atoms with van der Waals surface area (Å²) < 4.78 is 0. The Morgan fingerprint density at radius 3 is 2.55 bits per heavy atom. The highest BCUT2D eigenvalue weighted by Crippen LogP contribution is 2.37. The fraction of sp³-hybridized carbons (Fsp3) is 0.941. The lowest BCUT2D eigenvalue weighted by atomic mass is 9.91. The Labute approximate surface area is 123 Å². The average Bonchev–Trinajstić information content (AvgIpc) is 2.92. The Balaban J connectivity index is 1.52. The minimum atomic E-state index is 0.0933. The number of hydrogen-bond acceptors (Lipinski definition) is 2. The van der Waals surface area contributed by atoms with Crippen molar-refractivity contribution in [1.82, 2.24) is 10.6 Å². The van der Waals surface area contributed by atoms with E-state index in [4.69, 9.17) is 0 Å². The molecule has 20 heavy (non-hydrogen) atoms. The van der Waals surface area contributed by atoms with Crippen LogP contribution in [0.5, 0.6) is 0 Å². The van der Waals surface area contributed by atoms with Gasteiger partial charge in [-0.1, -0.05) is 32.1 Å². The first-order chi connectivity index (χ1) is 9.75. The van der Waals surface area contributed by atoms with Gasteiger partial charge < -0.3 is 10.6 Å². The zero-order chi connectivity index (χ0) is 13.9. The van der Waals surface area contributed by atoms with Crippen molar-refractivity contribution in [3.05, 3.63) is 0 Å². The van der Waals surface area contributed by atoms with E-state index in [1.54, 1.807) is 0 Å². The molecule has 0 radical (unpaired) electrons. The van der Waals surface area contributed by atoms with E-state index in [0.29, 0.717) is 17.9 Å². The third-order valence-corrected chi connectivity index (χ3v) is 6.01. The smallest absolute Gasteiger partial charge is 0.237 e. The second kappa shape index (κ2) is 6.46. The SMILES string of the molecule is C[C@H](NC(=O)C1NCC2CCCC21)C1CCCCCC1. The molecular weight excluding hydrogens is 248 g/mol. The summed E-state index contributed by atoms with van der Waals surface area (Å²) in [5.74, 6) is 2.34. The van der Waals surface area contributed by atoms with Crippen LogP contribution in [0.15, 0.2) is 0 Å². The largest absolute Gasteiger partial charge is 0.352 e. The van der Waals surface area contributed by atoms with Gasteiger partial charge in [0.15, 0.2) is 0 Å². The van der Waals surface area contributed by atoms with Crippen molar-refractivity contribution in [1.29, 1.82) is 0 Å². The summed E-state index contributed by atoms with van der Waals surface area (Å²) in [6, 6.07) is 0.443. The Bertz CT molecular complexity index is 336. The lowest BCUT2D eigenvalue weighted by Crippen LogP contribution is -2.48. The molecule has 3 rings (SSSR count). The van der Waals surface area contributed by atoms with Gasteiger partial charge >= 0.3 is 0 Å². The monoisotopic (exact) mass is 278 g/mol. The summed E-state index contributed by atoms with van der Waals surface area (Å²) in [6.45, 7) is 3.27. The summed E-state index contributed by atoms with van der Waals surface area (Å²) in [5, 5.41) is 6.80. The number of hydrogen-bond donors (Lipinski definition) is 2. The topological polar surface area (TPSA) is 41.1 Å². The molecule has 3 nitrogen and oxygen atoms in total. The van der Waals surface area contributed by atoms with Crippen LogP contribution in [0.1, 0.15) is 64.7 Å². The zero-order valence-corrected chi connectivity index (χ0v) is 12.9. The molecule has 0 spiro atoms. The molecule has 0 aromatic carbocycles.